The largest absolute Gasteiger partial charge is 0.456 e. The molecule has 3 rings (SSSR count). The van der Waals surface area contributed by atoms with Crippen LogP contribution in [-0.2, 0) is 0 Å². The Balaban J connectivity index is 1.87. The number of benzene rings is 1. The molecule has 2 N–H and O–H groups in total. The van der Waals surface area contributed by atoms with E-state index in [1.807, 2.05) is 19.1 Å². The van der Waals surface area contributed by atoms with Crippen LogP contribution in [0.15, 0.2) is 34.7 Å². The van der Waals surface area contributed by atoms with Gasteiger partial charge in [-0.05, 0) is 43.4 Å². The minimum Gasteiger partial charge on any atom is -0.456 e. The fraction of sp³-hybridized carbons (Fsp3) is 0.455. The Morgan fingerprint density at radius 3 is 2.46 bits per heavy atom. The van der Waals surface area contributed by atoms with Crippen molar-refractivity contribution in [1.82, 2.24) is 5.32 Å². The van der Waals surface area contributed by atoms with E-state index in [4.69, 9.17) is 16.0 Å². The van der Waals surface area contributed by atoms with Crippen molar-refractivity contribution in [2.45, 2.75) is 64.0 Å². The average Bonchev–Trinajstić information content (AvgIpc) is 3.15. The van der Waals surface area contributed by atoms with Crippen molar-refractivity contribution in [1.29, 1.82) is 0 Å². The summed E-state index contributed by atoms with van der Waals surface area (Å²) < 4.78 is 5.86. The number of hydrogen-bond acceptors (Lipinski definition) is 4. The highest BCUT2D eigenvalue weighted by atomic mass is 35.5. The molecule has 150 valence electrons. The van der Waals surface area contributed by atoms with Crippen molar-refractivity contribution in [2.75, 3.05) is 0 Å². The van der Waals surface area contributed by atoms with Crippen LogP contribution in [0, 0.1) is 0 Å². The number of ketones is 1. The molecular formula is C22H26ClNO4. The highest BCUT2D eigenvalue weighted by Crippen LogP contribution is 2.31. The standard InChI is InChI=1S/C22H26ClNO4/c1-3-19(26)20-12-18(22(27)24-16-8-10-17(25)11-9-16)21(28-20)13(2)14-4-6-15(23)7-5-14/h4-7,12-13,16-17,25H,3,8-11H2,1-2H3,(H,24,27). The van der Waals surface area contributed by atoms with Crippen molar-refractivity contribution in [3.8, 4) is 0 Å². The van der Waals surface area contributed by atoms with Gasteiger partial charge in [0.25, 0.3) is 5.91 Å². The molecule has 1 amide bonds. The molecule has 1 saturated carbocycles. The lowest BCUT2D eigenvalue weighted by Crippen LogP contribution is -2.38. The Hall–Kier alpha value is -2.11. The first-order valence-corrected chi connectivity index (χ1v) is 10.2. The Labute approximate surface area is 170 Å². The highest BCUT2D eigenvalue weighted by molar-refractivity contribution is 6.30. The average molecular weight is 404 g/mol. The summed E-state index contributed by atoms with van der Waals surface area (Å²) in [6.07, 6.45) is 2.88. The number of furan rings is 1. The first kappa shape index (κ1) is 20.6. The molecule has 0 saturated heterocycles. The maximum atomic E-state index is 13.0. The summed E-state index contributed by atoms with van der Waals surface area (Å²) in [5, 5.41) is 13.3. The van der Waals surface area contributed by atoms with Crippen molar-refractivity contribution in [2.24, 2.45) is 0 Å². The van der Waals surface area contributed by atoms with Gasteiger partial charge in [-0.3, -0.25) is 9.59 Å². The van der Waals surface area contributed by atoms with Crippen LogP contribution in [-0.4, -0.2) is 28.9 Å². The second kappa shape index (κ2) is 8.93. The summed E-state index contributed by atoms with van der Waals surface area (Å²) in [6.45, 7) is 3.70. The van der Waals surface area contributed by atoms with Crippen LogP contribution in [0.3, 0.4) is 0 Å². The van der Waals surface area contributed by atoms with E-state index in [0.717, 1.165) is 18.4 Å². The topological polar surface area (TPSA) is 79.5 Å². The van der Waals surface area contributed by atoms with Crippen LogP contribution < -0.4 is 5.32 Å². The summed E-state index contributed by atoms with van der Waals surface area (Å²) in [6, 6.07) is 8.95. The van der Waals surface area contributed by atoms with Gasteiger partial charge < -0.3 is 14.8 Å². The predicted octanol–water partition coefficient (Wildman–Crippen LogP) is 4.71. The zero-order chi connectivity index (χ0) is 20.3. The molecule has 1 aromatic heterocycles. The van der Waals surface area contributed by atoms with Crippen LogP contribution in [0.25, 0.3) is 0 Å². The van der Waals surface area contributed by atoms with Crippen molar-refractivity contribution in [3.63, 3.8) is 0 Å². The second-order valence-corrected chi connectivity index (χ2v) is 7.85. The summed E-state index contributed by atoms with van der Waals surface area (Å²) in [5.74, 6) is 0.111. The lowest BCUT2D eigenvalue weighted by Gasteiger charge is -2.26. The lowest BCUT2D eigenvalue weighted by atomic mass is 9.92. The Morgan fingerprint density at radius 2 is 1.86 bits per heavy atom. The van der Waals surface area contributed by atoms with E-state index in [1.165, 1.54) is 0 Å². The fourth-order valence-electron chi connectivity index (χ4n) is 3.60. The molecule has 1 aliphatic carbocycles. The van der Waals surface area contributed by atoms with E-state index in [9.17, 15) is 14.7 Å². The van der Waals surface area contributed by atoms with Crippen LogP contribution in [0.1, 0.15) is 84.1 Å². The third-order valence-electron chi connectivity index (χ3n) is 5.40. The van der Waals surface area contributed by atoms with E-state index in [-0.39, 0.29) is 35.5 Å². The van der Waals surface area contributed by atoms with E-state index >= 15 is 0 Å². The third-order valence-corrected chi connectivity index (χ3v) is 5.65. The van der Waals surface area contributed by atoms with Gasteiger partial charge >= 0.3 is 0 Å². The zero-order valence-corrected chi connectivity index (χ0v) is 17.0. The van der Waals surface area contributed by atoms with Gasteiger partial charge in [0.1, 0.15) is 5.76 Å². The van der Waals surface area contributed by atoms with Gasteiger partial charge in [-0.15, -0.1) is 0 Å². The Kier molecular flexibility index (Phi) is 6.57. The van der Waals surface area contributed by atoms with Crippen molar-refractivity contribution < 1.29 is 19.1 Å². The number of Topliss-reactive ketones (excluding diaryl/α,β-unsaturated/α-hetero) is 1. The number of carbonyl (C=O) groups is 2. The molecular weight excluding hydrogens is 378 g/mol. The molecule has 28 heavy (non-hydrogen) atoms. The summed E-state index contributed by atoms with van der Waals surface area (Å²) in [4.78, 5) is 25.1. The number of nitrogens with one attached hydrogen (secondary N) is 1. The summed E-state index contributed by atoms with van der Waals surface area (Å²) in [5.41, 5.74) is 1.34. The number of amides is 1. The number of aliphatic hydroxyl groups is 1. The number of carbonyl (C=O) groups excluding carboxylic acids is 2. The van der Waals surface area contributed by atoms with E-state index in [0.29, 0.717) is 35.6 Å². The van der Waals surface area contributed by atoms with Gasteiger partial charge in [-0.2, -0.15) is 0 Å². The maximum absolute atomic E-state index is 13.0. The van der Waals surface area contributed by atoms with Gasteiger partial charge in [0.2, 0.25) is 0 Å². The molecule has 1 atom stereocenters. The molecule has 5 nitrogen and oxygen atoms in total. The van der Waals surface area contributed by atoms with Crippen molar-refractivity contribution in [3.05, 3.63) is 58.0 Å². The van der Waals surface area contributed by atoms with Gasteiger partial charge in [0, 0.05) is 29.5 Å². The minimum absolute atomic E-state index is 0.0230. The fourth-order valence-corrected chi connectivity index (χ4v) is 3.73. The molecule has 0 bridgehead atoms. The predicted molar refractivity (Wildman–Crippen MR) is 108 cm³/mol. The minimum atomic E-state index is -0.281. The van der Waals surface area contributed by atoms with Crippen LogP contribution >= 0.6 is 11.6 Å². The number of halogens is 1. The molecule has 1 fully saturated rings. The van der Waals surface area contributed by atoms with Gasteiger partial charge in [-0.1, -0.05) is 37.6 Å². The SMILES string of the molecule is CCC(=O)c1cc(C(=O)NC2CCC(O)CC2)c(C(C)c2ccc(Cl)cc2)o1. The summed E-state index contributed by atoms with van der Waals surface area (Å²) in [7, 11) is 0. The van der Waals surface area contributed by atoms with Crippen LogP contribution in [0.4, 0.5) is 0 Å². The molecule has 0 aliphatic heterocycles. The van der Waals surface area contributed by atoms with E-state index < -0.39 is 0 Å². The number of aliphatic hydroxyl groups excluding tert-OH is 1. The van der Waals surface area contributed by atoms with Gasteiger partial charge in [0.05, 0.1) is 11.7 Å². The molecule has 0 spiro atoms. The number of hydrogen-bond donors (Lipinski definition) is 2. The van der Waals surface area contributed by atoms with Crippen LogP contribution in [0.2, 0.25) is 5.02 Å². The third kappa shape index (κ3) is 4.65. The van der Waals surface area contributed by atoms with E-state index in [1.54, 1.807) is 25.1 Å². The molecule has 0 radical (unpaired) electrons. The normalized spacial score (nSPS) is 20.6. The molecule has 6 heteroatoms. The van der Waals surface area contributed by atoms with Gasteiger partial charge in [-0.25, -0.2) is 0 Å². The Bertz CT molecular complexity index is 835. The van der Waals surface area contributed by atoms with Gasteiger partial charge in [0.15, 0.2) is 11.5 Å². The zero-order valence-electron chi connectivity index (χ0n) is 16.2. The molecule has 2 aromatic rings. The second-order valence-electron chi connectivity index (χ2n) is 7.42. The summed E-state index contributed by atoms with van der Waals surface area (Å²) >= 11 is 5.98. The smallest absolute Gasteiger partial charge is 0.255 e. The quantitative estimate of drug-likeness (QED) is 0.684. The molecule has 1 aromatic carbocycles. The molecule has 1 unspecified atom stereocenters. The molecule has 1 aliphatic rings. The first-order valence-electron chi connectivity index (χ1n) is 9.80. The van der Waals surface area contributed by atoms with Crippen LogP contribution in [0.5, 0.6) is 0 Å². The first-order chi connectivity index (χ1) is 13.4. The van der Waals surface area contributed by atoms with Crippen molar-refractivity contribution >= 4 is 23.3 Å². The molecule has 1 heterocycles. The lowest BCUT2D eigenvalue weighted by molar-refractivity contribution is 0.0865. The maximum Gasteiger partial charge on any atom is 0.255 e. The van der Waals surface area contributed by atoms with E-state index in [2.05, 4.69) is 5.32 Å². The highest BCUT2D eigenvalue weighted by Gasteiger charge is 2.28. The number of rotatable bonds is 6. The Morgan fingerprint density at radius 1 is 1.21 bits per heavy atom. The monoisotopic (exact) mass is 403 g/mol.